The fraction of sp³-hybridized carbons (Fsp3) is 0.133. The van der Waals surface area contributed by atoms with Crippen LogP contribution in [0.3, 0.4) is 0 Å². The number of aromatic nitrogens is 1. The van der Waals surface area contributed by atoms with Crippen molar-refractivity contribution in [1.29, 1.82) is 10.5 Å². The van der Waals surface area contributed by atoms with Crippen LogP contribution in [0, 0.1) is 29.6 Å². The van der Waals surface area contributed by atoms with Gasteiger partial charge in [-0.1, -0.05) is 0 Å². The van der Waals surface area contributed by atoms with Gasteiger partial charge < -0.3 is 9.47 Å². The van der Waals surface area contributed by atoms with Gasteiger partial charge in [0.2, 0.25) is 5.88 Å². The molecule has 0 unspecified atom stereocenters. The van der Waals surface area contributed by atoms with Crippen LogP contribution in [0.4, 0.5) is 0 Å². The van der Waals surface area contributed by atoms with Gasteiger partial charge in [0.25, 0.3) is 0 Å². The van der Waals surface area contributed by atoms with Crippen LogP contribution in [0.2, 0.25) is 0 Å². The summed E-state index contributed by atoms with van der Waals surface area (Å²) in [5.74, 6) is 1.12. The fourth-order valence-corrected chi connectivity index (χ4v) is 1.67. The molecule has 1 heterocycles. The zero-order valence-corrected chi connectivity index (χ0v) is 11.0. The van der Waals surface area contributed by atoms with Gasteiger partial charge in [0.15, 0.2) is 0 Å². The van der Waals surface area contributed by atoms with Crippen molar-refractivity contribution in [3.05, 3.63) is 47.2 Å². The van der Waals surface area contributed by atoms with E-state index in [1.54, 1.807) is 37.4 Å². The number of aryl methyl sites for hydroxylation is 1. The number of nitrogens with zero attached hydrogens (tertiary/aromatic N) is 3. The van der Waals surface area contributed by atoms with Gasteiger partial charge in [0.1, 0.15) is 23.1 Å². The van der Waals surface area contributed by atoms with Gasteiger partial charge in [0, 0.05) is 12.3 Å². The van der Waals surface area contributed by atoms with Crippen molar-refractivity contribution in [3.63, 3.8) is 0 Å². The first kappa shape index (κ1) is 13.4. The third kappa shape index (κ3) is 2.68. The summed E-state index contributed by atoms with van der Waals surface area (Å²) >= 11 is 0. The second-order valence-electron chi connectivity index (χ2n) is 4.03. The van der Waals surface area contributed by atoms with E-state index in [1.165, 1.54) is 7.11 Å². The third-order valence-electron chi connectivity index (χ3n) is 2.70. The van der Waals surface area contributed by atoms with Crippen molar-refractivity contribution in [2.75, 3.05) is 7.11 Å². The van der Waals surface area contributed by atoms with Gasteiger partial charge in [-0.3, -0.25) is 0 Å². The summed E-state index contributed by atoms with van der Waals surface area (Å²) in [6, 6.07) is 10.6. The Morgan fingerprint density at radius 1 is 1.10 bits per heavy atom. The smallest absolute Gasteiger partial charge is 0.237 e. The van der Waals surface area contributed by atoms with Crippen LogP contribution in [0.15, 0.2) is 30.5 Å². The Labute approximate surface area is 116 Å². The highest BCUT2D eigenvalue weighted by Gasteiger charge is 2.10. The van der Waals surface area contributed by atoms with Gasteiger partial charge >= 0.3 is 0 Å². The monoisotopic (exact) mass is 265 g/mol. The Hall–Kier alpha value is -3.05. The van der Waals surface area contributed by atoms with Crippen molar-refractivity contribution < 1.29 is 9.47 Å². The molecule has 0 saturated heterocycles. The third-order valence-corrected chi connectivity index (χ3v) is 2.70. The summed E-state index contributed by atoms with van der Waals surface area (Å²) in [5, 5.41) is 18.1. The number of hydrogen-bond acceptors (Lipinski definition) is 5. The second-order valence-corrected chi connectivity index (χ2v) is 4.03. The van der Waals surface area contributed by atoms with E-state index >= 15 is 0 Å². The predicted octanol–water partition coefficient (Wildman–Crippen LogP) is 2.93. The summed E-state index contributed by atoms with van der Waals surface area (Å²) in [7, 11) is 1.51. The molecule has 0 bridgehead atoms. The van der Waals surface area contributed by atoms with Crippen molar-refractivity contribution in [2.24, 2.45) is 0 Å². The molecule has 98 valence electrons. The molecule has 20 heavy (non-hydrogen) atoms. The van der Waals surface area contributed by atoms with E-state index in [-0.39, 0.29) is 5.88 Å². The lowest BCUT2D eigenvalue weighted by Crippen LogP contribution is -1.95. The van der Waals surface area contributed by atoms with E-state index in [2.05, 4.69) is 11.1 Å². The minimum Gasteiger partial charge on any atom is -0.497 e. The van der Waals surface area contributed by atoms with Gasteiger partial charge in [-0.25, -0.2) is 4.98 Å². The molecule has 0 N–H and O–H groups in total. The highest BCUT2D eigenvalue weighted by atomic mass is 16.5. The molecule has 0 saturated carbocycles. The number of methoxy groups -OCH3 is 1. The molecule has 0 spiro atoms. The molecule has 2 rings (SSSR count). The largest absolute Gasteiger partial charge is 0.497 e. The summed E-state index contributed by atoms with van der Waals surface area (Å²) in [6.45, 7) is 1.80. The maximum atomic E-state index is 9.13. The molecule has 1 aromatic heterocycles. The van der Waals surface area contributed by atoms with Crippen LogP contribution in [0.1, 0.15) is 16.7 Å². The molecule has 0 aliphatic carbocycles. The second kappa shape index (κ2) is 5.73. The number of pyridine rings is 1. The molecule has 0 aliphatic heterocycles. The molecule has 0 atom stereocenters. The van der Waals surface area contributed by atoms with Crippen LogP contribution < -0.4 is 9.47 Å². The fourth-order valence-electron chi connectivity index (χ4n) is 1.67. The zero-order valence-electron chi connectivity index (χ0n) is 11.0. The van der Waals surface area contributed by atoms with Gasteiger partial charge in [0.05, 0.1) is 18.7 Å². The van der Waals surface area contributed by atoms with Crippen LogP contribution in [-0.4, -0.2) is 12.1 Å². The lowest BCUT2D eigenvalue weighted by atomic mass is 10.2. The van der Waals surface area contributed by atoms with Crippen molar-refractivity contribution in [2.45, 2.75) is 6.92 Å². The zero-order chi connectivity index (χ0) is 14.5. The number of benzene rings is 1. The Kier molecular flexibility index (Phi) is 3.83. The SMILES string of the molecule is COc1cc(C#N)cc(Oc2nccc(C)c2C#N)c1. The molecule has 0 radical (unpaired) electrons. The molecule has 1 aromatic carbocycles. The summed E-state index contributed by atoms with van der Waals surface area (Å²) in [4.78, 5) is 4.05. The normalized spacial score (nSPS) is 9.40. The summed E-state index contributed by atoms with van der Waals surface area (Å²) < 4.78 is 10.7. The number of nitriles is 2. The quantitative estimate of drug-likeness (QED) is 0.852. The van der Waals surface area contributed by atoms with E-state index in [0.29, 0.717) is 22.6 Å². The molecule has 0 amide bonds. The van der Waals surface area contributed by atoms with E-state index < -0.39 is 0 Å². The van der Waals surface area contributed by atoms with E-state index in [0.717, 1.165) is 5.56 Å². The predicted molar refractivity (Wildman–Crippen MR) is 71.5 cm³/mol. The van der Waals surface area contributed by atoms with Crippen LogP contribution in [0.5, 0.6) is 17.4 Å². The average Bonchev–Trinajstić information content (AvgIpc) is 2.47. The molecular formula is C15H11N3O2. The number of ether oxygens (including phenoxy) is 2. The molecular weight excluding hydrogens is 254 g/mol. The Bertz CT molecular complexity index is 727. The van der Waals surface area contributed by atoms with E-state index in [1.807, 2.05) is 6.07 Å². The lowest BCUT2D eigenvalue weighted by molar-refractivity contribution is 0.407. The maximum absolute atomic E-state index is 9.13. The molecule has 5 nitrogen and oxygen atoms in total. The Morgan fingerprint density at radius 2 is 1.85 bits per heavy atom. The number of hydrogen-bond donors (Lipinski definition) is 0. The van der Waals surface area contributed by atoms with E-state index in [9.17, 15) is 0 Å². The topological polar surface area (TPSA) is 78.9 Å². The van der Waals surface area contributed by atoms with Crippen molar-refractivity contribution in [1.82, 2.24) is 4.98 Å². The Balaban J connectivity index is 2.43. The molecule has 5 heteroatoms. The summed E-state index contributed by atoms with van der Waals surface area (Å²) in [5.41, 5.74) is 1.56. The summed E-state index contributed by atoms with van der Waals surface area (Å²) in [6.07, 6.45) is 1.57. The molecule has 2 aromatic rings. The molecule has 0 aliphatic rings. The first-order valence-corrected chi connectivity index (χ1v) is 5.80. The first-order valence-electron chi connectivity index (χ1n) is 5.80. The lowest BCUT2D eigenvalue weighted by Gasteiger charge is -2.09. The van der Waals surface area contributed by atoms with Crippen molar-refractivity contribution >= 4 is 0 Å². The first-order chi connectivity index (χ1) is 9.67. The molecule has 0 fully saturated rings. The standard InChI is InChI=1S/C15H11N3O2/c1-10-3-4-18-15(14(10)9-17)20-13-6-11(8-16)5-12(7-13)19-2/h3-7H,1-2H3. The average molecular weight is 265 g/mol. The highest BCUT2D eigenvalue weighted by Crippen LogP contribution is 2.28. The Morgan fingerprint density at radius 3 is 2.50 bits per heavy atom. The van der Waals surface area contributed by atoms with Crippen molar-refractivity contribution in [3.8, 4) is 29.5 Å². The van der Waals surface area contributed by atoms with Gasteiger partial charge in [-0.05, 0) is 30.7 Å². The highest BCUT2D eigenvalue weighted by molar-refractivity contribution is 5.48. The van der Waals surface area contributed by atoms with Crippen LogP contribution in [0.25, 0.3) is 0 Å². The van der Waals surface area contributed by atoms with Crippen LogP contribution in [-0.2, 0) is 0 Å². The van der Waals surface area contributed by atoms with Gasteiger partial charge in [-0.15, -0.1) is 0 Å². The number of rotatable bonds is 3. The van der Waals surface area contributed by atoms with Crippen LogP contribution >= 0.6 is 0 Å². The minimum absolute atomic E-state index is 0.213. The van der Waals surface area contributed by atoms with Gasteiger partial charge in [-0.2, -0.15) is 10.5 Å². The maximum Gasteiger partial charge on any atom is 0.237 e. The minimum atomic E-state index is 0.213. The van der Waals surface area contributed by atoms with E-state index in [4.69, 9.17) is 20.0 Å².